The first-order chi connectivity index (χ1) is 13.4. The summed E-state index contributed by atoms with van der Waals surface area (Å²) in [5.41, 5.74) is -0.565. The number of nitro benzene ring substituents is 2. The number of nitrogens with one attached hydrogen (secondary N) is 1. The number of anilines is 1. The van der Waals surface area contributed by atoms with Gasteiger partial charge in [-0.2, -0.15) is 0 Å². The molecule has 2 aromatic rings. The Morgan fingerprint density at radius 2 is 1.82 bits per heavy atom. The molecule has 2 aromatic carbocycles. The minimum Gasteiger partial charge on any atom is -0.444 e. The van der Waals surface area contributed by atoms with Crippen LogP contribution in [-0.4, -0.2) is 22.3 Å². The highest BCUT2D eigenvalue weighted by Crippen LogP contribution is 2.31. The van der Waals surface area contributed by atoms with Crippen LogP contribution in [0.25, 0.3) is 0 Å². The first-order valence-corrected chi connectivity index (χ1v) is 7.72. The summed E-state index contributed by atoms with van der Waals surface area (Å²) in [6.07, 6.45) is 1.54. The van der Waals surface area contributed by atoms with E-state index in [0.717, 1.165) is 41.1 Å². The lowest BCUT2D eigenvalue weighted by atomic mass is 10.2. The lowest BCUT2D eigenvalue weighted by Gasteiger charge is -2.12. The van der Waals surface area contributed by atoms with Gasteiger partial charge < -0.3 is 4.74 Å². The fourth-order valence-corrected chi connectivity index (χ4v) is 2.11. The smallest absolute Gasteiger partial charge is 0.411 e. The van der Waals surface area contributed by atoms with Crippen LogP contribution in [0.15, 0.2) is 60.9 Å². The molecule has 0 atom stereocenters. The number of nitrogens with zero attached hydrogens (tertiary/aromatic N) is 3. The van der Waals surface area contributed by atoms with Gasteiger partial charge in [-0.3, -0.25) is 35.2 Å². The third-order valence-corrected chi connectivity index (χ3v) is 3.41. The van der Waals surface area contributed by atoms with Crippen LogP contribution in [0.3, 0.4) is 0 Å². The standard InChI is InChI=1S/C17H14N4O7/c22-12-19(15-7-6-14(20(24)25)10-16(15)21(26)27)9-8-18-17(23)28-11-13-4-2-1-3-5-13/h1-10,12H,11H2,(H,18,23)/b9-8-. The third kappa shape index (κ3) is 5.36. The Balaban J connectivity index is 2.05. The number of rotatable bonds is 8. The maximum absolute atomic E-state index is 11.6. The lowest BCUT2D eigenvalue weighted by Crippen LogP contribution is -2.21. The molecule has 0 saturated heterocycles. The summed E-state index contributed by atoms with van der Waals surface area (Å²) in [6.45, 7) is 0.0335. The molecule has 0 bridgehead atoms. The molecule has 28 heavy (non-hydrogen) atoms. The van der Waals surface area contributed by atoms with Crippen LogP contribution in [0, 0.1) is 20.2 Å². The molecule has 144 valence electrons. The lowest BCUT2D eigenvalue weighted by molar-refractivity contribution is -0.393. The van der Waals surface area contributed by atoms with Gasteiger partial charge in [0.05, 0.1) is 15.9 Å². The van der Waals surface area contributed by atoms with Crippen molar-refractivity contribution in [1.29, 1.82) is 0 Å². The van der Waals surface area contributed by atoms with Crippen molar-refractivity contribution < 1.29 is 24.2 Å². The van der Waals surface area contributed by atoms with E-state index >= 15 is 0 Å². The molecule has 11 heteroatoms. The zero-order valence-corrected chi connectivity index (χ0v) is 14.3. The van der Waals surface area contributed by atoms with Crippen LogP contribution in [0.1, 0.15) is 5.56 Å². The number of alkyl carbamates (subject to hydrolysis) is 1. The van der Waals surface area contributed by atoms with Crippen molar-refractivity contribution in [2.45, 2.75) is 6.61 Å². The molecule has 0 aliphatic carbocycles. The molecular formula is C17H14N4O7. The van der Waals surface area contributed by atoms with Gasteiger partial charge in [0.25, 0.3) is 11.4 Å². The van der Waals surface area contributed by atoms with E-state index in [9.17, 15) is 29.8 Å². The molecular weight excluding hydrogens is 372 g/mol. The summed E-state index contributed by atoms with van der Waals surface area (Å²) in [5.74, 6) is 0. The SMILES string of the molecule is O=CN(/C=C\NC(=O)OCc1ccccc1)c1ccc([N+](=O)[O-])cc1[N+](=O)[O-]. The summed E-state index contributed by atoms with van der Waals surface area (Å²) in [7, 11) is 0. The number of ether oxygens (including phenoxy) is 1. The fraction of sp³-hybridized carbons (Fsp3) is 0.0588. The van der Waals surface area contributed by atoms with Crippen molar-refractivity contribution in [2.75, 3.05) is 4.90 Å². The maximum atomic E-state index is 11.6. The molecule has 0 spiro atoms. The van der Waals surface area contributed by atoms with Crippen LogP contribution >= 0.6 is 0 Å². The monoisotopic (exact) mass is 386 g/mol. The zero-order chi connectivity index (χ0) is 20.5. The molecule has 0 unspecified atom stereocenters. The van der Waals surface area contributed by atoms with E-state index in [1.54, 1.807) is 24.3 Å². The quantitative estimate of drug-likeness (QED) is 0.417. The highest BCUT2D eigenvalue weighted by Gasteiger charge is 2.22. The second-order valence-corrected chi connectivity index (χ2v) is 5.22. The third-order valence-electron chi connectivity index (χ3n) is 3.41. The van der Waals surface area contributed by atoms with Gasteiger partial charge in [0.2, 0.25) is 6.41 Å². The first kappa shape index (κ1) is 20.0. The van der Waals surface area contributed by atoms with Crippen molar-refractivity contribution in [3.63, 3.8) is 0 Å². The van der Waals surface area contributed by atoms with Crippen LogP contribution in [-0.2, 0) is 16.1 Å². The number of nitro groups is 2. The van der Waals surface area contributed by atoms with Crippen LogP contribution in [0.2, 0.25) is 0 Å². The van der Waals surface area contributed by atoms with Gasteiger partial charge in [0.1, 0.15) is 12.3 Å². The number of non-ortho nitro benzene ring substituents is 1. The summed E-state index contributed by atoms with van der Waals surface area (Å²) >= 11 is 0. The predicted octanol–water partition coefficient (Wildman–Crippen LogP) is 2.86. The van der Waals surface area contributed by atoms with Gasteiger partial charge in [-0.25, -0.2) is 4.79 Å². The van der Waals surface area contributed by atoms with Gasteiger partial charge in [-0.05, 0) is 11.6 Å². The summed E-state index contributed by atoms with van der Waals surface area (Å²) in [6, 6.07) is 11.7. The highest BCUT2D eigenvalue weighted by atomic mass is 16.6. The van der Waals surface area contributed by atoms with Crippen LogP contribution in [0.5, 0.6) is 0 Å². The van der Waals surface area contributed by atoms with Crippen LogP contribution < -0.4 is 10.2 Å². The molecule has 0 heterocycles. The van der Waals surface area contributed by atoms with Gasteiger partial charge in [0.15, 0.2) is 0 Å². The molecule has 0 saturated carbocycles. The Hall–Kier alpha value is -4.28. The van der Waals surface area contributed by atoms with E-state index in [1.165, 1.54) is 0 Å². The van der Waals surface area contributed by atoms with E-state index in [0.29, 0.717) is 0 Å². The fourth-order valence-electron chi connectivity index (χ4n) is 2.11. The van der Waals surface area contributed by atoms with Gasteiger partial charge in [-0.1, -0.05) is 30.3 Å². The zero-order valence-electron chi connectivity index (χ0n) is 14.3. The molecule has 0 aliphatic rings. The van der Waals surface area contributed by atoms with Crippen molar-refractivity contribution in [3.05, 3.63) is 86.7 Å². The molecule has 0 aliphatic heterocycles. The largest absolute Gasteiger partial charge is 0.444 e. The first-order valence-electron chi connectivity index (χ1n) is 7.72. The molecule has 2 rings (SSSR count). The van der Waals surface area contributed by atoms with Gasteiger partial charge in [0, 0.05) is 18.5 Å². The van der Waals surface area contributed by atoms with Gasteiger partial charge >= 0.3 is 6.09 Å². The van der Waals surface area contributed by atoms with Crippen molar-refractivity contribution in [3.8, 4) is 0 Å². The van der Waals surface area contributed by atoms with E-state index < -0.39 is 27.3 Å². The topological polar surface area (TPSA) is 145 Å². The molecule has 0 fully saturated rings. The average molecular weight is 386 g/mol. The predicted molar refractivity (Wildman–Crippen MR) is 97.2 cm³/mol. The van der Waals surface area contributed by atoms with Gasteiger partial charge in [-0.15, -0.1) is 0 Å². The Morgan fingerprint density at radius 1 is 1.11 bits per heavy atom. The number of benzene rings is 2. The van der Waals surface area contributed by atoms with Crippen LogP contribution in [0.4, 0.5) is 21.9 Å². The number of hydrogen-bond acceptors (Lipinski definition) is 7. The van der Waals surface area contributed by atoms with E-state index in [4.69, 9.17) is 4.74 Å². The van der Waals surface area contributed by atoms with E-state index in [2.05, 4.69) is 5.32 Å². The molecule has 11 nitrogen and oxygen atoms in total. The van der Waals surface area contributed by atoms with Crippen molar-refractivity contribution in [2.24, 2.45) is 0 Å². The molecule has 0 aromatic heterocycles. The number of hydrogen-bond donors (Lipinski definition) is 1. The minimum atomic E-state index is -0.853. The number of carbonyl (C=O) groups excluding carboxylic acids is 2. The molecule has 2 amide bonds. The Bertz CT molecular complexity index is 915. The Morgan fingerprint density at radius 3 is 2.43 bits per heavy atom. The molecule has 1 N–H and O–H groups in total. The minimum absolute atomic E-state index is 0.0335. The molecule has 0 radical (unpaired) electrons. The summed E-state index contributed by atoms with van der Waals surface area (Å²) in [4.78, 5) is 44.0. The highest BCUT2D eigenvalue weighted by molar-refractivity contribution is 5.84. The van der Waals surface area contributed by atoms with Crippen molar-refractivity contribution in [1.82, 2.24) is 5.32 Å². The summed E-state index contributed by atoms with van der Waals surface area (Å²) < 4.78 is 4.96. The Kier molecular flexibility index (Phi) is 6.75. The number of amides is 2. The second-order valence-electron chi connectivity index (χ2n) is 5.22. The van der Waals surface area contributed by atoms with Crippen molar-refractivity contribution >= 4 is 29.6 Å². The average Bonchev–Trinajstić information content (AvgIpc) is 2.70. The normalized spacial score (nSPS) is 10.3. The van der Waals surface area contributed by atoms with E-state index in [-0.39, 0.29) is 18.7 Å². The van der Waals surface area contributed by atoms with E-state index in [1.807, 2.05) is 6.07 Å². The number of carbonyl (C=O) groups is 2. The summed E-state index contributed by atoms with van der Waals surface area (Å²) in [5, 5.41) is 24.2. The maximum Gasteiger partial charge on any atom is 0.411 e. The second kappa shape index (κ2) is 9.43. The Labute approximate surface area is 158 Å².